The Kier molecular flexibility index (Phi) is 5.38. The molecule has 0 saturated heterocycles. The molecule has 0 spiro atoms. The Morgan fingerprint density at radius 2 is 1.14 bits per heavy atom. The average Bonchev–Trinajstić information content (AvgIpc) is 2.68. The predicted molar refractivity (Wildman–Crippen MR) is 55.7 cm³/mol. The molecule has 0 aliphatic carbocycles. The maximum atomic E-state index is 4.66. The second kappa shape index (κ2) is 7.54. The third-order valence-electron chi connectivity index (χ3n) is 1.12. The number of hydrogen-bond donors (Lipinski definition) is 0. The Morgan fingerprint density at radius 3 is 1.64 bits per heavy atom. The van der Waals surface area contributed by atoms with Gasteiger partial charge in [0, 0.05) is 12.4 Å². The second-order valence-corrected chi connectivity index (χ2v) is 2.12. The van der Waals surface area contributed by atoms with Crippen LogP contribution >= 0.6 is 0 Å². The van der Waals surface area contributed by atoms with Gasteiger partial charge < -0.3 is 9.47 Å². The topological polar surface area (TPSA) is 43.2 Å². The first-order valence-electron chi connectivity index (χ1n) is 3.98. The van der Waals surface area contributed by atoms with Gasteiger partial charge in [0.1, 0.15) is 0 Å². The molecule has 2 aliphatic heterocycles. The van der Waals surface area contributed by atoms with Crippen LogP contribution in [0, 0.1) is 0 Å². The number of nitrogens with zero attached hydrogens (tertiary/aromatic N) is 2. The van der Waals surface area contributed by atoms with Crippen LogP contribution in [0.1, 0.15) is 0 Å². The first-order valence-corrected chi connectivity index (χ1v) is 3.98. The van der Waals surface area contributed by atoms with Crippen molar-refractivity contribution in [2.45, 2.75) is 0 Å². The minimum atomic E-state index is 1.38. The molecule has 4 nitrogen and oxygen atoms in total. The molecule has 0 radical (unpaired) electrons. The fraction of sp³-hybridized carbons (Fsp3) is 0. The SMILES string of the molecule is C1=CN=COC=C1.C1=CN=COC=C1. The monoisotopic (exact) mass is 190 g/mol. The number of hydrogen-bond acceptors (Lipinski definition) is 4. The highest BCUT2D eigenvalue weighted by Gasteiger charge is 1.70. The van der Waals surface area contributed by atoms with Crippen LogP contribution in [0.4, 0.5) is 0 Å². The average molecular weight is 190 g/mol. The van der Waals surface area contributed by atoms with Gasteiger partial charge in [-0.1, -0.05) is 0 Å². The van der Waals surface area contributed by atoms with Crippen molar-refractivity contribution in [3.8, 4) is 0 Å². The number of rotatable bonds is 0. The van der Waals surface area contributed by atoms with Gasteiger partial charge in [-0.15, -0.1) is 0 Å². The predicted octanol–water partition coefficient (Wildman–Crippen LogP) is 2.14. The lowest BCUT2D eigenvalue weighted by molar-refractivity contribution is 0.495. The quantitative estimate of drug-likeness (QED) is 0.587. The molecule has 0 saturated carbocycles. The molecule has 14 heavy (non-hydrogen) atoms. The zero-order chi connectivity index (χ0) is 9.90. The van der Waals surface area contributed by atoms with Gasteiger partial charge in [-0.2, -0.15) is 0 Å². The van der Waals surface area contributed by atoms with Crippen molar-refractivity contribution in [2.24, 2.45) is 9.98 Å². The lowest BCUT2D eigenvalue weighted by atomic mass is 10.6. The van der Waals surface area contributed by atoms with Crippen LogP contribution in [-0.2, 0) is 9.47 Å². The summed E-state index contributed by atoms with van der Waals surface area (Å²) in [6.45, 7) is 0. The molecule has 0 bridgehead atoms. The molecule has 72 valence electrons. The summed E-state index contributed by atoms with van der Waals surface area (Å²) < 4.78 is 9.32. The molecule has 2 heterocycles. The molecule has 0 aromatic carbocycles. The van der Waals surface area contributed by atoms with Crippen molar-refractivity contribution >= 4 is 12.8 Å². The Morgan fingerprint density at radius 1 is 0.643 bits per heavy atom. The highest BCUT2D eigenvalue weighted by atomic mass is 16.5. The van der Waals surface area contributed by atoms with E-state index < -0.39 is 0 Å². The van der Waals surface area contributed by atoms with Crippen LogP contribution in [0.25, 0.3) is 0 Å². The minimum Gasteiger partial charge on any atom is -0.453 e. The zero-order valence-electron chi connectivity index (χ0n) is 7.48. The summed E-state index contributed by atoms with van der Waals surface area (Å²) in [6, 6.07) is 0. The van der Waals surface area contributed by atoms with Gasteiger partial charge in [0.2, 0.25) is 0 Å². The van der Waals surface area contributed by atoms with E-state index in [1.54, 1.807) is 49.2 Å². The molecule has 0 unspecified atom stereocenters. The van der Waals surface area contributed by atoms with Gasteiger partial charge in [-0.05, 0) is 24.3 Å². The highest BCUT2D eigenvalue weighted by molar-refractivity contribution is 5.49. The van der Waals surface area contributed by atoms with Gasteiger partial charge in [0.15, 0.2) is 12.8 Å². The van der Waals surface area contributed by atoms with Crippen molar-refractivity contribution in [1.29, 1.82) is 0 Å². The van der Waals surface area contributed by atoms with Crippen LogP contribution in [0.3, 0.4) is 0 Å². The van der Waals surface area contributed by atoms with E-state index in [0.29, 0.717) is 0 Å². The van der Waals surface area contributed by atoms with Crippen LogP contribution in [0.5, 0.6) is 0 Å². The van der Waals surface area contributed by atoms with Gasteiger partial charge in [-0.25, -0.2) is 9.98 Å². The third-order valence-corrected chi connectivity index (χ3v) is 1.12. The van der Waals surface area contributed by atoms with E-state index in [1.807, 2.05) is 0 Å². The fourth-order valence-corrected chi connectivity index (χ4v) is 0.591. The summed E-state index contributed by atoms with van der Waals surface area (Å²) in [5.74, 6) is 0. The maximum Gasteiger partial charge on any atom is 0.180 e. The Labute approximate surface area is 82.3 Å². The van der Waals surface area contributed by atoms with Gasteiger partial charge in [0.05, 0.1) is 12.5 Å². The molecule has 4 heteroatoms. The Hall–Kier alpha value is -2.10. The van der Waals surface area contributed by atoms with E-state index in [2.05, 4.69) is 19.5 Å². The van der Waals surface area contributed by atoms with Crippen LogP contribution in [0.15, 0.2) is 59.2 Å². The van der Waals surface area contributed by atoms with Gasteiger partial charge in [-0.3, -0.25) is 0 Å². The number of ether oxygens (including phenoxy) is 2. The first kappa shape index (κ1) is 9.98. The van der Waals surface area contributed by atoms with Crippen molar-refractivity contribution in [1.82, 2.24) is 0 Å². The normalized spacial score (nSPS) is 16.0. The molecule has 2 aliphatic rings. The summed E-state index contributed by atoms with van der Waals surface area (Å²) in [5, 5.41) is 0. The summed E-state index contributed by atoms with van der Waals surface area (Å²) >= 11 is 0. The van der Waals surface area contributed by atoms with Crippen molar-refractivity contribution < 1.29 is 9.47 Å². The molecule has 2 rings (SSSR count). The van der Waals surface area contributed by atoms with Crippen LogP contribution in [-0.4, -0.2) is 12.8 Å². The molecule has 0 amide bonds. The van der Waals surface area contributed by atoms with Crippen LogP contribution in [0.2, 0.25) is 0 Å². The molecule has 0 aromatic rings. The summed E-state index contributed by atoms with van der Waals surface area (Å²) in [4.78, 5) is 7.36. The maximum absolute atomic E-state index is 4.66. The number of allylic oxidation sites excluding steroid dienone is 4. The van der Waals surface area contributed by atoms with Crippen molar-refractivity contribution in [3.05, 3.63) is 49.2 Å². The molecule has 0 fully saturated rings. The minimum absolute atomic E-state index is 1.38. The summed E-state index contributed by atoms with van der Waals surface area (Å²) in [5.41, 5.74) is 0. The summed E-state index contributed by atoms with van der Waals surface area (Å²) in [7, 11) is 0. The van der Waals surface area contributed by atoms with E-state index in [-0.39, 0.29) is 0 Å². The Bertz CT molecular complexity index is 252. The largest absolute Gasteiger partial charge is 0.453 e. The van der Waals surface area contributed by atoms with E-state index in [0.717, 1.165) is 0 Å². The van der Waals surface area contributed by atoms with Crippen LogP contribution < -0.4 is 0 Å². The van der Waals surface area contributed by atoms with E-state index >= 15 is 0 Å². The third kappa shape index (κ3) is 5.54. The first-order chi connectivity index (χ1) is 7.00. The molecule has 0 aromatic heterocycles. The van der Waals surface area contributed by atoms with E-state index in [4.69, 9.17) is 0 Å². The zero-order valence-corrected chi connectivity index (χ0v) is 7.48. The fourth-order valence-electron chi connectivity index (χ4n) is 0.591. The molecular weight excluding hydrogens is 180 g/mol. The number of aliphatic imine (C=N–C) groups is 2. The van der Waals surface area contributed by atoms with Gasteiger partial charge >= 0.3 is 0 Å². The molecule has 0 N–H and O–H groups in total. The Balaban J connectivity index is 0.000000140. The van der Waals surface area contributed by atoms with E-state index in [9.17, 15) is 0 Å². The van der Waals surface area contributed by atoms with Crippen molar-refractivity contribution in [3.63, 3.8) is 0 Å². The highest BCUT2D eigenvalue weighted by Crippen LogP contribution is 1.84. The molecular formula is C10H10N2O2. The van der Waals surface area contributed by atoms with Gasteiger partial charge in [0.25, 0.3) is 0 Å². The lowest BCUT2D eigenvalue weighted by Gasteiger charge is -1.78. The van der Waals surface area contributed by atoms with E-state index in [1.165, 1.54) is 12.8 Å². The molecule has 0 atom stereocenters. The second-order valence-electron chi connectivity index (χ2n) is 2.12. The smallest absolute Gasteiger partial charge is 0.180 e. The summed E-state index contributed by atoms with van der Waals surface area (Å²) in [6.07, 6.45) is 16.3. The van der Waals surface area contributed by atoms with Crippen molar-refractivity contribution in [2.75, 3.05) is 0 Å². The lowest BCUT2D eigenvalue weighted by Crippen LogP contribution is -1.68. The standard InChI is InChI=1S/2C5H5NO/c2*1-2-4-7-5-6-3-1/h2*1-5H.